The van der Waals surface area contributed by atoms with Crippen LogP contribution >= 0.6 is 0 Å². The van der Waals surface area contributed by atoms with Crippen LogP contribution in [0.5, 0.6) is 0 Å². The smallest absolute Gasteiger partial charge is 0.247 e. The number of rotatable bonds is 3. The first-order valence-electron chi connectivity index (χ1n) is 7.93. The van der Waals surface area contributed by atoms with Crippen LogP contribution in [0, 0.1) is 12.7 Å². The average molecular weight is 326 g/mol. The van der Waals surface area contributed by atoms with Gasteiger partial charge in [-0.2, -0.15) is 0 Å². The molecule has 1 aliphatic heterocycles. The molecule has 0 spiro atoms. The molecule has 1 heterocycles. The number of amides is 2. The quantitative estimate of drug-likeness (QED) is 0.941. The van der Waals surface area contributed by atoms with E-state index in [1.807, 2.05) is 31.2 Å². The molecule has 24 heavy (non-hydrogen) atoms. The maximum absolute atomic E-state index is 13.2. The van der Waals surface area contributed by atoms with Crippen molar-refractivity contribution in [2.45, 2.75) is 19.4 Å². The summed E-state index contributed by atoms with van der Waals surface area (Å²) in [4.78, 5) is 26.7. The van der Waals surface area contributed by atoms with E-state index in [1.54, 1.807) is 17.0 Å². The van der Waals surface area contributed by atoms with Crippen molar-refractivity contribution in [3.63, 3.8) is 0 Å². The second-order valence-corrected chi connectivity index (χ2v) is 5.94. The Morgan fingerprint density at radius 1 is 1.21 bits per heavy atom. The zero-order chi connectivity index (χ0) is 17.1. The van der Waals surface area contributed by atoms with Gasteiger partial charge in [-0.25, -0.2) is 4.39 Å². The van der Waals surface area contributed by atoms with Gasteiger partial charge in [0.2, 0.25) is 11.8 Å². The molecule has 3 rings (SSSR count). The monoisotopic (exact) mass is 326 g/mol. The predicted molar refractivity (Wildman–Crippen MR) is 88.7 cm³/mol. The number of aryl methyl sites for hydroxylation is 1. The van der Waals surface area contributed by atoms with E-state index in [1.165, 1.54) is 12.1 Å². The van der Waals surface area contributed by atoms with Crippen LogP contribution in [0.15, 0.2) is 48.5 Å². The molecule has 1 fully saturated rings. The Kier molecular flexibility index (Phi) is 4.60. The second-order valence-electron chi connectivity index (χ2n) is 5.94. The van der Waals surface area contributed by atoms with Crippen molar-refractivity contribution in [2.24, 2.45) is 0 Å². The van der Waals surface area contributed by atoms with Crippen LogP contribution in [0.2, 0.25) is 0 Å². The minimum Gasteiger partial charge on any atom is -0.352 e. The van der Waals surface area contributed by atoms with Gasteiger partial charge < -0.3 is 10.2 Å². The highest BCUT2D eigenvalue weighted by atomic mass is 19.1. The molecule has 5 heteroatoms. The molecular formula is C19H19FN2O2. The van der Waals surface area contributed by atoms with Crippen LogP contribution < -0.4 is 5.32 Å². The molecule has 1 atom stereocenters. The molecule has 1 aliphatic rings. The number of halogens is 1. The molecule has 1 saturated heterocycles. The van der Waals surface area contributed by atoms with E-state index in [0.29, 0.717) is 18.7 Å². The van der Waals surface area contributed by atoms with E-state index in [9.17, 15) is 14.0 Å². The lowest BCUT2D eigenvalue weighted by Gasteiger charge is -2.35. The molecule has 0 saturated carbocycles. The molecule has 4 nitrogen and oxygen atoms in total. The normalized spacial score (nSPS) is 17.5. The number of hydrogen-bond acceptors (Lipinski definition) is 2. The van der Waals surface area contributed by atoms with E-state index in [0.717, 1.165) is 11.1 Å². The molecule has 2 aromatic rings. The summed E-state index contributed by atoms with van der Waals surface area (Å²) in [7, 11) is 0. The zero-order valence-electron chi connectivity index (χ0n) is 13.5. The SMILES string of the molecule is Cc1ccccc1CC(=O)N1CCNC(=O)C1c1ccc(F)cc1. The van der Waals surface area contributed by atoms with E-state index >= 15 is 0 Å². The Hall–Kier alpha value is -2.69. The second kappa shape index (κ2) is 6.83. The summed E-state index contributed by atoms with van der Waals surface area (Å²) in [6.45, 7) is 2.83. The highest BCUT2D eigenvalue weighted by Crippen LogP contribution is 2.25. The summed E-state index contributed by atoms with van der Waals surface area (Å²) in [6.07, 6.45) is 0.248. The number of nitrogens with one attached hydrogen (secondary N) is 1. The van der Waals surface area contributed by atoms with Gasteiger partial charge in [-0.15, -0.1) is 0 Å². The Labute approximate surface area is 140 Å². The molecule has 124 valence electrons. The molecule has 0 radical (unpaired) electrons. The van der Waals surface area contributed by atoms with Crippen molar-refractivity contribution in [1.82, 2.24) is 10.2 Å². The molecule has 1 N–H and O–H groups in total. The van der Waals surface area contributed by atoms with Crippen LogP contribution in [0.25, 0.3) is 0 Å². The number of benzene rings is 2. The third kappa shape index (κ3) is 3.30. The first kappa shape index (κ1) is 16.2. The Morgan fingerprint density at radius 2 is 1.92 bits per heavy atom. The van der Waals surface area contributed by atoms with Gasteiger partial charge in [-0.1, -0.05) is 36.4 Å². The minimum atomic E-state index is -0.712. The van der Waals surface area contributed by atoms with E-state index < -0.39 is 6.04 Å². The molecule has 2 amide bonds. The lowest BCUT2D eigenvalue weighted by Crippen LogP contribution is -2.52. The van der Waals surface area contributed by atoms with Crippen molar-refractivity contribution >= 4 is 11.8 Å². The van der Waals surface area contributed by atoms with Gasteiger partial charge in [0.1, 0.15) is 11.9 Å². The number of nitrogens with zero attached hydrogens (tertiary/aromatic N) is 1. The Balaban J connectivity index is 1.86. The fourth-order valence-corrected chi connectivity index (χ4v) is 2.98. The molecule has 0 aromatic heterocycles. The van der Waals surface area contributed by atoms with Crippen molar-refractivity contribution in [3.8, 4) is 0 Å². The van der Waals surface area contributed by atoms with Crippen LogP contribution in [0.4, 0.5) is 4.39 Å². The van der Waals surface area contributed by atoms with Crippen LogP contribution in [-0.2, 0) is 16.0 Å². The highest BCUT2D eigenvalue weighted by molar-refractivity contribution is 5.90. The summed E-state index contributed by atoms with van der Waals surface area (Å²) in [5.41, 5.74) is 2.61. The van der Waals surface area contributed by atoms with Gasteiger partial charge in [-0.3, -0.25) is 9.59 Å². The fourth-order valence-electron chi connectivity index (χ4n) is 2.98. The largest absolute Gasteiger partial charge is 0.352 e. The first-order chi connectivity index (χ1) is 11.6. The van der Waals surface area contributed by atoms with Crippen LogP contribution in [0.3, 0.4) is 0 Å². The predicted octanol–water partition coefficient (Wildman–Crippen LogP) is 2.38. The summed E-state index contributed by atoms with van der Waals surface area (Å²) in [5.74, 6) is -0.702. The topological polar surface area (TPSA) is 49.4 Å². The van der Waals surface area contributed by atoms with Crippen LogP contribution in [-0.4, -0.2) is 29.8 Å². The van der Waals surface area contributed by atoms with Gasteiger partial charge in [-0.05, 0) is 35.7 Å². The summed E-state index contributed by atoms with van der Waals surface area (Å²) < 4.78 is 13.2. The Bertz CT molecular complexity index is 758. The minimum absolute atomic E-state index is 0.103. The van der Waals surface area contributed by atoms with Gasteiger partial charge in [0.05, 0.1) is 6.42 Å². The number of carbonyl (C=O) groups is 2. The lowest BCUT2D eigenvalue weighted by atomic mass is 10.00. The first-order valence-corrected chi connectivity index (χ1v) is 7.93. The third-order valence-corrected chi connectivity index (χ3v) is 4.32. The molecule has 0 bridgehead atoms. The summed E-state index contributed by atoms with van der Waals surface area (Å²) >= 11 is 0. The molecule has 1 unspecified atom stereocenters. The van der Waals surface area contributed by atoms with Gasteiger partial charge in [0.25, 0.3) is 0 Å². The van der Waals surface area contributed by atoms with Crippen molar-refractivity contribution < 1.29 is 14.0 Å². The van der Waals surface area contributed by atoms with E-state index in [2.05, 4.69) is 5.32 Å². The summed E-state index contributed by atoms with van der Waals surface area (Å²) in [6, 6.07) is 12.7. The van der Waals surface area contributed by atoms with Crippen molar-refractivity contribution in [3.05, 3.63) is 71.0 Å². The highest BCUT2D eigenvalue weighted by Gasteiger charge is 2.34. The molecule has 0 aliphatic carbocycles. The number of carbonyl (C=O) groups excluding carboxylic acids is 2. The van der Waals surface area contributed by atoms with Gasteiger partial charge >= 0.3 is 0 Å². The Morgan fingerprint density at radius 3 is 2.62 bits per heavy atom. The van der Waals surface area contributed by atoms with Gasteiger partial charge in [0.15, 0.2) is 0 Å². The van der Waals surface area contributed by atoms with Crippen molar-refractivity contribution in [1.29, 1.82) is 0 Å². The fraction of sp³-hybridized carbons (Fsp3) is 0.263. The zero-order valence-corrected chi connectivity index (χ0v) is 13.5. The maximum atomic E-state index is 13.2. The van der Waals surface area contributed by atoms with Gasteiger partial charge in [0, 0.05) is 13.1 Å². The number of piperazine rings is 1. The third-order valence-electron chi connectivity index (χ3n) is 4.32. The van der Waals surface area contributed by atoms with E-state index in [4.69, 9.17) is 0 Å². The maximum Gasteiger partial charge on any atom is 0.247 e. The lowest BCUT2D eigenvalue weighted by molar-refractivity contribution is -0.143. The summed E-state index contributed by atoms with van der Waals surface area (Å²) in [5, 5.41) is 2.78. The molecular weight excluding hydrogens is 307 g/mol. The van der Waals surface area contributed by atoms with Crippen LogP contribution in [0.1, 0.15) is 22.7 Å². The number of hydrogen-bond donors (Lipinski definition) is 1. The molecule has 2 aromatic carbocycles. The standard InChI is InChI=1S/C19H19FN2O2/c1-13-4-2-3-5-15(13)12-17(23)22-11-10-21-19(24)18(22)14-6-8-16(20)9-7-14/h2-9,18H,10-12H2,1H3,(H,21,24). The average Bonchev–Trinajstić information content (AvgIpc) is 2.58. The van der Waals surface area contributed by atoms with E-state index in [-0.39, 0.29) is 24.1 Å². The van der Waals surface area contributed by atoms with Crippen molar-refractivity contribution in [2.75, 3.05) is 13.1 Å².